The quantitative estimate of drug-likeness (QED) is 0.263. The molecule has 0 fully saturated rings. The molecule has 0 heterocycles. The monoisotopic (exact) mass is 372 g/mol. The Labute approximate surface area is 167 Å². The summed E-state index contributed by atoms with van der Waals surface area (Å²) in [6.45, 7) is 0. The normalized spacial score (nSPS) is 11.7. The Morgan fingerprint density at radius 1 is 0.880 bits per heavy atom. The van der Waals surface area contributed by atoms with Crippen LogP contribution in [0.25, 0.3) is 0 Å². The van der Waals surface area contributed by atoms with Crippen molar-refractivity contribution in [2.75, 3.05) is 0 Å². The molecule has 0 radical (unpaired) electrons. The van der Waals surface area contributed by atoms with E-state index in [9.17, 15) is 22.6 Å². The number of hydrogen-bond acceptors (Lipinski definition) is 7. The smallest absolute Gasteiger partial charge is 0.747 e. The van der Waals surface area contributed by atoms with Crippen molar-refractivity contribution < 1.29 is 61.6 Å². The maximum Gasteiger partial charge on any atom is 1.00 e. The van der Waals surface area contributed by atoms with Crippen molar-refractivity contribution in [1.82, 2.24) is 0 Å². The molecular formula is C16H13NaO7S. The van der Waals surface area contributed by atoms with E-state index in [0.29, 0.717) is 0 Å². The first kappa shape index (κ1) is 21.3. The van der Waals surface area contributed by atoms with Crippen LogP contribution in [0.5, 0.6) is 11.5 Å². The number of benzene rings is 2. The second-order valence-electron chi connectivity index (χ2n) is 4.71. The molecule has 0 N–H and O–H groups in total. The molecule has 0 saturated heterocycles. The molecule has 0 aliphatic heterocycles. The second-order valence-corrected chi connectivity index (χ2v) is 6.26. The fourth-order valence-electron chi connectivity index (χ4n) is 1.79. The molecule has 0 aromatic heterocycles. The van der Waals surface area contributed by atoms with Crippen LogP contribution in [0.2, 0.25) is 0 Å². The number of carbonyl (C=O) groups excluding carboxylic acids is 2. The molecule has 2 aromatic rings. The van der Waals surface area contributed by atoms with Crippen LogP contribution in [-0.4, -0.2) is 30.2 Å². The Morgan fingerprint density at radius 2 is 1.32 bits per heavy atom. The fourth-order valence-corrected chi connectivity index (χ4v) is 2.41. The summed E-state index contributed by atoms with van der Waals surface area (Å²) in [5, 5.41) is -2.19. The second kappa shape index (κ2) is 9.69. The first-order chi connectivity index (χ1) is 11.4. The van der Waals surface area contributed by atoms with Crippen molar-refractivity contribution in [3.8, 4) is 11.5 Å². The van der Waals surface area contributed by atoms with Crippen molar-refractivity contribution in [2.24, 2.45) is 0 Å². The van der Waals surface area contributed by atoms with Crippen molar-refractivity contribution >= 4 is 22.1 Å². The number of esters is 2. The van der Waals surface area contributed by atoms with Crippen LogP contribution < -0.4 is 39.0 Å². The molecule has 25 heavy (non-hydrogen) atoms. The van der Waals surface area contributed by atoms with Gasteiger partial charge in [-0.15, -0.1) is 0 Å². The van der Waals surface area contributed by atoms with Gasteiger partial charge in [0.25, 0.3) is 0 Å². The first-order valence-electron chi connectivity index (χ1n) is 6.83. The van der Waals surface area contributed by atoms with Crippen molar-refractivity contribution in [2.45, 2.75) is 11.7 Å². The summed E-state index contributed by atoms with van der Waals surface area (Å²) in [4.78, 5) is 23.7. The molecular weight excluding hydrogens is 359 g/mol. The number of rotatable bonds is 6. The van der Waals surface area contributed by atoms with Crippen LogP contribution >= 0.6 is 0 Å². The van der Waals surface area contributed by atoms with Crippen LogP contribution in [0, 0.1) is 0 Å². The van der Waals surface area contributed by atoms with Crippen molar-refractivity contribution in [3.05, 3.63) is 60.7 Å². The number of ether oxygens (including phenoxy) is 2. The third kappa shape index (κ3) is 6.97. The molecule has 1 atom stereocenters. The topological polar surface area (TPSA) is 110 Å². The van der Waals surface area contributed by atoms with Gasteiger partial charge in [-0.3, -0.25) is 9.59 Å². The van der Waals surface area contributed by atoms with Gasteiger partial charge in [-0.1, -0.05) is 36.4 Å². The molecule has 9 heteroatoms. The van der Waals surface area contributed by atoms with Gasteiger partial charge in [0, 0.05) is 0 Å². The maximum atomic E-state index is 11.9. The van der Waals surface area contributed by atoms with Gasteiger partial charge >= 0.3 is 41.5 Å². The van der Waals surface area contributed by atoms with E-state index in [4.69, 9.17) is 9.47 Å². The summed E-state index contributed by atoms with van der Waals surface area (Å²) in [6, 6.07) is 15.5. The van der Waals surface area contributed by atoms with Crippen molar-refractivity contribution in [3.63, 3.8) is 0 Å². The van der Waals surface area contributed by atoms with Gasteiger partial charge in [-0.25, -0.2) is 8.42 Å². The number of hydrogen-bond donors (Lipinski definition) is 0. The standard InChI is InChI=1S/C16H14O7S.Na/c17-15(22-12-7-3-1-4-8-12)11-14(24(19,20)21)16(18)23-13-9-5-2-6-10-13;/h1-10,14H,11H2,(H,19,20,21);/q;+1/p-1. The predicted octanol–water partition coefficient (Wildman–Crippen LogP) is -1.49. The minimum absolute atomic E-state index is 0. The molecule has 126 valence electrons. The van der Waals surface area contributed by atoms with Crippen LogP contribution in [0.3, 0.4) is 0 Å². The van der Waals surface area contributed by atoms with E-state index in [2.05, 4.69) is 0 Å². The Kier molecular flexibility index (Phi) is 8.27. The van der Waals surface area contributed by atoms with E-state index in [0.717, 1.165) is 0 Å². The third-order valence-corrected chi connectivity index (χ3v) is 3.96. The van der Waals surface area contributed by atoms with Gasteiger partial charge in [0.05, 0.1) is 6.42 Å². The Balaban J connectivity index is 0.00000312. The van der Waals surface area contributed by atoms with E-state index in [1.165, 1.54) is 24.3 Å². The van der Waals surface area contributed by atoms with E-state index in [1.807, 2.05) is 0 Å². The molecule has 1 unspecified atom stereocenters. The number of carbonyl (C=O) groups is 2. The SMILES string of the molecule is O=C(CC(C(=O)Oc1ccccc1)S(=O)(=O)[O-])Oc1ccccc1.[Na+]. The molecule has 0 saturated carbocycles. The summed E-state index contributed by atoms with van der Waals surface area (Å²) in [7, 11) is -5.10. The fraction of sp³-hybridized carbons (Fsp3) is 0.125. The molecule has 0 aliphatic carbocycles. The molecule has 7 nitrogen and oxygen atoms in total. The van der Waals surface area contributed by atoms with E-state index in [-0.39, 0.29) is 41.1 Å². The van der Waals surface area contributed by atoms with Gasteiger partial charge in [-0.05, 0) is 24.3 Å². The molecule has 2 aromatic carbocycles. The van der Waals surface area contributed by atoms with Crippen LogP contribution in [0.4, 0.5) is 0 Å². The van der Waals surface area contributed by atoms with E-state index in [1.54, 1.807) is 36.4 Å². The first-order valence-corrected chi connectivity index (χ1v) is 8.30. The Hall–Kier alpha value is -1.71. The zero-order valence-electron chi connectivity index (χ0n) is 13.3. The summed E-state index contributed by atoms with van der Waals surface area (Å²) < 4.78 is 43.6. The van der Waals surface area contributed by atoms with Gasteiger partial charge in [0.2, 0.25) is 0 Å². The minimum Gasteiger partial charge on any atom is -0.747 e. The van der Waals surface area contributed by atoms with Crippen LogP contribution in [-0.2, 0) is 19.7 Å². The van der Waals surface area contributed by atoms with E-state index < -0.39 is 33.7 Å². The van der Waals surface area contributed by atoms with Gasteiger partial charge < -0.3 is 14.0 Å². The maximum absolute atomic E-state index is 11.9. The zero-order chi connectivity index (χ0) is 17.6. The molecule has 0 amide bonds. The summed E-state index contributed by atoms with van der Waals surface area (Å²) in [5.41, 5.74) is 0. The molecule has 0 aliphatic rings. The summed E-state index contributed by atoms with van der Waals surface area (Å²) in [6.07, 6.45) is -0.938. The summed E-state index contributed by atoms with van der Waals surface area (Å²) >= 11 is 0. The average Bonchev–Trinajstić information content (AvgIpc) is 2.53. The van der Waals surface area contributed by atoms with Crippen molar-refractivity contribution in [1.29, 1.82) is 0 Å². The largest absolute Gasteiger partial charge is 1.00 e. The Morgan fingerprint density at radius 3 is 1.76 bits per heavy atom. The molecule has 0 spiro atoms. The average molecular weight is 372 g/mol. The Bertz CT molecular complexity index is 807. The third-order valence-electron chi connectivity index (χ3n) is 2.90. The zero-order valence-corrected chi connectivity index (χ0v) is 16.1. The molecule has 0 bridgehead atoms. The van der Waals surface area contributed by atoms with Crippen LogP contribution in [0.15, 0.2) is 60.7 Å². The predicted molar refractivity (Wildman–Crippen MR) is 82.3 cm³/mol. The molecule has 2 rings (SSSR count). The summed E-state index contributed by atoms with van der Waals surface area (Å²) in [5.74, 6) is -2.13. The number of para-hydroxylation sites is 2. The van der Waals surface area contributed by atoms with Gasteiger partial charge in [0.1, 0.15) is 21.6 Å². The van der Waals surface area contributed by atoms with Gasteiger partial charge in [-0.2, -0.15) is 0 Å². The van der Waals surface area contributed by atoms with Gasteiger partial charge in [0.15, 0.2) is 5.25 Å². The minimum atomic E-state index is -5.10. The van der Waals surface area contributed by atoms with Crippen LogP contribution in [0.1, 0.15) is 6.42 Å². The van der Waals surface area contributed by atoms with E-state index >= 15 is 0 Å².